The molecule has 0 amide bonds. The summed E-state index contributed by atoms with van der Waals surface area (Å²) in [5.74, 6) is 8.71. The molecule has 0 aromatic rings. The van der Waals surface area contributed by atoms with Crippen LogP contribution in [0.2, 0.25) is 0 Å². The Hall–Kier alpha value is 0. The molecule has 0 nitrogen and oxygen atoms in total. The molecule has 146 valence electrons. The lowest BCUT2D eigenvalue weighted by Gasteiger charge is -2.58. The molecule has 7 rings (SSSR count). The molecule has 0 heterocycles. The van der Waals surface area contributed by atoms with E-state index in [4.69, 9.17) is 0 Å². The summed E-state index contributed by atoms with van der Waals surface area (Å²) in [4.78, 5) is 0. The van der Waals surface area contributed by atoms with Crippen LogP contribution in [0.25, 0.3) is 0 Å². The Morgan fingerprint density at radius 2 is 1.46 bits per heavy atom. The van der Waals surface area contributed by atoms with Gasteiger partial charge in [0, 0.05) is 0 Å². The lowest BCUT2D eigenvalue weighted by Crippen LogP contribution is -2.51. The van der Waals surface area contributed by atoms with E-state index in [1.165, 1.54) is 0 Å². The second kappa shape index (κ2) is 5.13. The maximum atomic E-state index is 2.72. The lowest BCUT2D eigenvalue weighted by atomic mass is 9.47. The minimum absolute atomic E-state index is 0.637. The van der Waals surface area contributed by atoms with E-state index >= 15 is 0 Å². The first-order valence-corrected chi connectivity index (χ1v) is 12.3. The lowest BCUT2D eigenvalue weighted by molar-refractivity contribution is -0.0906. The normalized spacial score (nSPS) is 58.6. The zero-order valence-electron chi connectivity index (χ0n) is 17.9. The van der Waals surface area contributed by atoms with Gasteiger partial charge in [-0.25, -0.2) is 0 Å². The van der Waals surface area contributed by atoms with Crippen LogP contribution in [0.4, 0.5) is 0 Å². The Kier molecular flexibility index (Phi) is 3.33. The maximum Gasteiger partial charge on any atom is -0.0227 e. The van der Waals surface area contributed by atoms with Crippen LogP contribution in [0.5, 0.6) is 0 Å². The van der Waals surface area contributed by atoms with E-state index in [-0.39, 0.29) is 0 Å². The summed E-state index contributed by atoms with van der Waals surface area (Å²) in [5, 5.41) is 0. The van der Waals surface area contributed by atoms with Gasteiger partial charge in [0.15, 0.2) is 0 Å². The minimum atomic E-state index is 0.637. The fourth-order valence-electron chi connectivity index (χ4n) is 10.9. The van der Waals surface area contributed by atoms with Crippen LogP contribution in [0, 0.1) is 63.6 Å². The third-order valence-corrected chi connectivity index (χ3v) is 11.9. The average Bonchev–Trinajstić information content (AvgIpc) is 3.31. The molecule has 0 aromatic heterocycles. The van der Waals surface area contributed by atoms with Gasteiger partial charge in [-0.3, -0.25) is 0 Å². The maximum absolute atomic E-state index is 2.72. The Bertz CT molecular complexity index is 591. The summed E-state index contributed by atoms with van der Waals surface area (Å²) in [6, 6.07) is 0. The van der Waals surface area contributed by atoms with Crippen molar-refractivity contribution in [2.24, 2.45) is 63.6 Å². The molecule has 0 spiro atoms. The summed E-state index contributed by atoms with van der Waals surface area (Å²) < 4.78 is 0. The molecular weight excluding hydrogens is 312 g/mol. The zero-order chi connectivity index (χ0) is 17.9. The second-order valence-electron chi connectivity index (χ2n) is 13.4. The van der Waals surface area contributed by atoms with E-state index in [9.17, 15) is 0 Å². The molecule has 0 saturated heterocycles. The van der Waals surface area contributed by atoms with Gasteiger partial charge in [-0.05, 0) is 121 Å². The van der Waals surface area contributed by atoms with Gasteiger partial charge in [-0.15, -0.1) is 0 Å². The predicted octanol–water partition coefficient (Wildman–Crippen LogP) is 7.33. The average molecular weight is 355 g/mol. The molecule has 6 bridgehead atoms. The van der Waals surface area contributed by atoms with E-state index in [2.05, 4.69) is 27.7 Å². The zero-order valence-corrected chi connectivity index (χ0v) is 17.9. The highest BCUT2D eigenvalue weighted by atomic mass is 14.7. The van der Waals surface area contributed by atoms with E-state index in [0.29, 0.717) is 10.8 Å². The molecule has 0 aromatic carbocycles. The van der Waals surface area contributed by atoms with E-state index in [0.717, 1.165) is 52.8 Å². The molecule has 7 unspecified atom stereocenters. The highest BCUT2D eigenvalue weighted by molar-refractivity contribution is 5.18. The van der Waals surface area contributed by atoms with Crippen molar-refractivity contribution >= 4 is 0 Å². The minimum Gasteiger partial charge on any atom is -0.0596 e. The van der Waals surface area contributed by atoms with Crippen LogP contribution >= 0.6 is 0 Å². The van der Waals surface area contributed by atoms with Crippen molar-refractivity contribution in [1.29, 1.82) is 0 Å². The molecule has 0 aliphatic heterocycles. The number of hydrogen-bond acceptors (Lipinski definition) is 0. The Balaban J connectivity index is 1.37. The van der Waals surface area contributed by atoms with Crippen LogP contribution in [0.1, 0.15) is 98.3 Å². The van der Waals surface area contributed by atoms with Gasteiger partial charge in [-0.1, -0.05) is 40.5 Å². The molecule has 7 aliphatic carbocycles. The second-order valence-corrected chi connectivity index (χ2v) is 13.4. The predicted molar refractivity (Wildman–Crippen MR) is 109 cm³/mol. The van der Waals surface area contributed by atoms with Gasteiger partial charge in [-0.2, -0.15) is 0 Å². The van der Waals surface area contributed by atoms with Crippen LogP contribution in [0.15, 0.2) is 0 Å². The largest absolute Gasteiger partial charge is 0.0596 e. The highest BCUT2D eigenvalue weighted by Crippen LogP contribution is 2.77. The quantitative estimate of drug-likeness (QED) is 0.487. The standard InChI is InChI=1S/C26H42/c1-24(2)14-18-12-20(24)13-22(18)26-10-9-19(15-26)25(3,4)23(26)21-11-16-5-7-17(21)8-6-16/h16-23H,5-15H2,1-4H3. The summed E-state index contributed by atoms with van der Waals surface area (Å²) in [5.41, 5.74) is 2.06. The van der Waals surface area contributed by atoms with Gasteiger partial charge < -0.3 is 0 Å². The number of hydrogen-bond donors (Lipinski definition) is 0. The Labute approximate surface area is 162 Å². The molecule has 0 heteroatoms. The smallest absolute Gasteiger partial charge is 0.0227 e. The summed E-state index contributed by atoms with van der Waals surface area (Å²) in [6.07, 6.45) is 17.5. The summed E-state index contributed by atoms with van der Waals surface area (Å²) in [6.45, 7) is 10.6. The fraction of sp³-hybridized carbons (Fsp3) is 1.00. The van der Waals surface area contributed by atoms with Gasteiger partial charge in [0.05, 0.1) is 0 Å². The van der Waals surface area contributed by atoms with E-state index in [1.54, 1.807) is 70.6 Å². The molecule has 0 radical (unpaired) electrons. The van der Waals surface area contributed by atoms with Crippen LogP contribution in [0.3, 0.4) is 0 Å². The Morgan fingerprint density at radius 1 is 0.692 bits per heavy atom. The van der Waals surface area contributed by atoms with Crippen molar-refractivity contribution in [3.63, 3.8) is 0 Å². The first-order chi connectivity index (χ1) is 12.3. The van der Waals surface area contributed by atoms with Gasteiger partial charge in [0.25, 0.3) is 0 Å². The number of fused-ring (bicyclic) bond motifs is 7. The van der Waals surface area contributed by atoms with Crippen LogP contribution < -0.4 is 0 Å². The summed E-state index contributed by atoms with van der Waals surface area (Å²) in [7, 11) is 0. The van der Waals surface area contributed by atoms with E-state index in [1.807, 2.05) is 0 Å². The molecule has 0 N–H and O–H groups in total. The first-order valence-electron chi connectivity index (χ1n) is 12.3. The van der Waals surface area contributed by atoms with Crippen LogP contribution in [-0.4, -0.2) is 0 Å². The molecular formula is C26H42. The van der Waals surface area contributed by atoms with Crippen molar-refractivity contribution in [1.82, 2.24) is 0 Å². The SMILES string of the molecule is CC1(C)CC2CC1CC2C12CCC(C1)C(C)(C)C2C1CC2CCC1CC2. The molecule has 7 saturated carbocycles. The van der Waals surface area contributed by atoms with Crippen molar-refractivity contribution in [2.75, 3.05) is 0 Å². The van der Waals surface area contributed by atoms with E-state index < -0.39 is 0 Å². The highest BCUT2D eigenvalue weighted by Gasteiger charge is 2.69. The van der Waals surface area contributed by atoms with Crippen molar-refractivity contribution in [3.8, 4) is 0 Å². The van der Waals surface area contributed by atoms with Gasteiger partial charge >= 0.3 is 0 Å². The third-order valence-electron chi connectivity index (χ3n) is 11.9. The number of rotatable bonds is 2. The monoisotopic (exact) mass is 354 g/mol. The Morgan fingerprint density at radius 3 is 2.04 bits per heavy atom. The topological polar surface area (TPSA) is 0 Å². The van der Waals surface area contributed by atoms with Crippen LogP contribution in [-0.2, 0) is 0 Å². The van der Waals surface area contributed by atoms with Gasteiger partial charge in [0.1, 0.15) is 0 Å². The molecule has 7 aliphatic rings. The first kappa shape index (κ1) is 16.9. The van der Waals surface area contributed by atoms with Crippen molar-refractivity contribution in [2.45, 2.75) is 98.3 Å². The summed E-state index contributed by atoms with van der Waals surface area (Å²) >= 11 is 0. The third kappa shape index (κ3) is 1.98. The van der Waals surface area contributed by atoms with Crippen molar-refractivity contribution < 1.29 is 0 Å². The van der Waals surface area contributed by atoms with Crippen molar-refractivity contribution in [3.05, 3.63) is 0 Å². The fourth-order valence-corrected chi connectivity index (χ4v) is 10.9. The van der Waals surface area contributed by atoms with Gasteiger partial charge in [0.2, 0.25) is 0 Å². The molecule has 26 heavy (non-hydrogen) atoms. The molecule has 7 atom stereocenters. The molecule has 7 fully saturated rings.